The molecule has 0 radical (unpaired) electrons. The predicted molar refractivity (Wildman–Crippen MR) is 251 cm³/mol. The summed E-state index contributed by atoms with van der Waals surface area (Å²) in [5.41, 5.74) is 14.6. The highest BCUT2D eigenvalue weighted by atomic mass is 32.1. The number of hydrogen-bond acceptors (Lipinski definition) is 3. The number of thiophene rings is 1. The largest absolute Gasteiger partial charge is 0.228 e. The van der Waals surface area contributed by atoms with E-state index in [1.54, 1.807) is 0 Å². The zero-order valence-corrected chi connectivity index (χ0v) is 33.4. The van der Waals surface area contributed by atoms with Crippen molar-refractivity contribution in [3.05, 3.63) is 241 Å². The van der Waals surface area contributed by atoms with Crippen LogP contribution in [-0.2, 0) is 5.41 Å². The summed E-state index contributed by atoms with van der Waals surface area (Å²) in [5.74, 6) is 0.712. The summed E-state index contributed by atoms with van der Waals surface area (Å²) in [4.78, 5) is 10.6. The lowest BCUT2D eigenvalue weighted by Crippen LogP contribution is -2.29. The van der Waals surface area contributed by atoms with Gasteiger partial charge >= 0.3 is 0 Å². The third kappa shape index (κ3) is 5.19. The molecule has 12 rings (SSSR count). The molecule has 0 saturated carbocycles. The quantitative estimate of drug-likeness (QED) is 0.168. The molecule has 9 aromatic carbocycles. The second-order valence-corrected chi connectivity index (χ2v) is 16.6. The molecule has 2 aromatic heterocycles. The summed E-state index contributed by atoms with van der Waals surface area (Å²) < 4.78 is 2.51. The number of rotatable bonds is 6. The Labute approximate surface area is 352 Å². The standard InChI is InChI=1S/C57H36N2S/c1-4-18-37(19-5-1)56-58-51(36-52(59-56)49-31-17-30-48-45-27-13-15-33-53(45)60-55(48)49)44-35-34-42(40-24-10-11-25-41(40)44)46-28-16-29-47-43-26-12-14-32-50(43)57(54(46)47,38-20-6-2-7-21-38)39-22-8-3-9-23-39/h1-36H. The molecule has 0 bridgehead atoms. The summed E-state index contributed by atoms with van der Waals surface area (Å²) in [6.07, 6.45) is 0. The Kier molecular flexibility index (Phi) is 7.97. The van der Waals surface area contributed by atoms with Crippen LogP contribution in [0, 0.1) is 0 Å². The Hall–Kier alpha value is -7.46. The third-order valence-electron chi connectivity index (χ3n) is 12.4. The van der Waals surface area contributed by atoms with E-state index in [1.807, 2.05) is 17.4 Å². The maximum atomic E-state index is 5.35. The monoisotopic (exact) mass is 780 g/mol. The summed E-state index contributed by atoms with van der Waals surface area (Å²) in [6, 6.07) is 79.3. The highest BCUT2D eigenvalue weighted by molar-refractivity contribution is 7.26. The second-order valence-electron chi connectivity index (χ2n) is 15.6. The van der Waals surface area contributed by atoms with E-state index in [9.17, 15) is 0 Å². The molecule has 60 heavy (non-hydrogen) atoms. The Balaban J connectivity index is 1.11. The van der Waals surface area contributed by atoms with Gasteiger partial charge in [-0.1, -0.05) is 206 Å². The van der Waals surface area contributed by atoms with Gasteiger partial charge in [-0.25, -0.2) is 9.97 Å². The van der Waals surface area contributed by atoms with E-state index in [1.165, 1.54) is 70.1 Å². The van der Waals surface area contributed by atoms with Gasteiger partial charge in [-0.05, 0) is 67.4 Å². The van der Waals surface area contributed by atoms with E-state index in [-0.39, 0.29) is 0 Å². The number of nitrogens with zero attached hydrogens (tertiary/aromatic N) is 2. The zero-order chi connectivity index (χ0) is 39.6. The first kappa shape index (κ1) is 34.6. The van der Waals surface area contributed by atoms with Crippen molar-refractivity contribution in [1.29, 1.82) is 0 Å². The van der Waals surface area contributed by atoms with E-state index in [0.29, 0.717) is 5.82 Å². The van der Waals surface area contributed by atoms with Crippen molar-refractivity contribution in [3.63, 3.8) is 0 Å². The van der Waals surface area contributed by atoms with Gasteiger partial charge in [-0.15, -0.1) is 11.3 Å². The Morgan fingerprint density at radius 1 is 0.350 bits per heavy atom. The normalized spacial score (nSPS) is 12.8. The van der Waals surface area contributed by atoms with Crippen molar-refractivity contribution in [2.45, 2.75) is 5.41 Å². The van der Waals surface area contributed by atoms with Crippen LogP contribution in [0.2, 0.25) is 0 Å². The molecule has 2 heterocycles. The number of hydrogen-bond donors (Lipinski definition) is 0. The SMILES string of the molecule is c1ccc(-c2nc(-c3ccc(-c4cccc5c4C(c4ccccc4)(c4ccccc4)c4ccccc4-5)c4ccccc34)cc(-c3cccc4c3sc3ccccc34)n2)cc1. The lowest BCUT2D eigenvalue weighted by Gasteiger charge is -2.35. The van der Waals surface area contributed by atoms with Gasteiger partial charge in [0.2, 0.25) is 0 Å². The van der Waals surface area contributed by atoms with Gasteiger partial charge in [0.15, 0.2) is 5.82 Å². The first-order chi connectivity index (χ1) is 29.8. The minimum atomic E-state index is -0.523. The van der Waals surface area contributed by atoms with Crippen LogP contribution >= 0.6 is 11.3 Å². The summed E-state index contributed by atoms with van der Waals surface area (Å²) in [7, 11) is 0. The van der Waals surface area contributed by atoms with E-state index in [4.69, 9.17) is 9.97 Å². The average molecular weight is 781 g/mol. The molecule has 1 aliphatic rings. The maximum Gasteiger partial charge on any atom is 0.160 e. The fraction of sp³-hybridized carbons (Fsp3) is 0.0175. The Morgan fingerprint density at radius 3 is 1.58 bits per heavy atom. The number of fused-ring (bicyclic) bond motifs is 7. The third-order valence-corrected chi connectivity index (χ3v) is 13.6. The molecule has 0 atom stereocenters. The molecule has 0 fully saturated rings. The molecule has 3 heteroatoms. The molecule has 0 spiro atoms. The minimum absolute atomic E-state index is 0.523. The molecule has 280 valence electrons. The van der Waals surface area contributed by atoms with E-state index in [0.717, 1.165) is 33.5 Å². The predicted octanol–water partition coefficient (Wildman–Crippen LogP) is 15.0. The molecule has 0 aliphatic heterocycles. The van der Waals surface area contributed by atoms with Crippen molar-refractivity contribution in [1.82, 2.24) is 9.97 Å². The summed E-state index contributed by atoms with van der Waals surface area (Å²) in [6.45, 7) is 0. The lowest BCUT2D eigenvalue weighted by molar-refractivity contribution is 0.770. The van der Waals surface area contributed by atoms with Crippen LogP contribution in [-0.4, -0.2) is 9.97 Å². The van der Waals surface area contributed by atoms with Crippen molar-refractivity contribution >= 4 is 42.3 Å². The fourth-order valence-corrected chi connectivity index (χ4v) is 11.1. The molecule has 0 saturated heterocycles. The maximum absolute atomic E-state index is 5.35. The number of aromatic nitrogens is 2. The fourth-order valence-electron chi connectivity index (χ4n) is 9.87. The first-order valence-electron chi connectivity index (χ1n) is 20.5. The van der Waals surface area contributed by atoms with E-state index >= 15 is 0 Å². The molecule has 0 N–H and O–H groups in total. The smallest absolute Gasteiger partial charge is 0.160 e. The Bertz CT molecular complexity index is 3380. The van der Waals surface area contributed by atoms with Gasteiger partial charge < -0.3 is 0 Å². The highest BCUT2D eigenvalue weighted by Gasteiger charge is 2.47. The topological polar surface area (TPSA) is 25.8 Å². The average Bonchev–Trinajstić information content (AvgIpc) is 3.86. The summed E-state index contributed by atoms with van der Waals surface area (Å²) in [5, 5.41) is 4.86. The first-order valence-corrected chi connectivity index (χ1v) is 21.3. The molecular weight excluding hydrogens is 745 g/mol. The van der Waals surface area contributed by atoms with Gasteiger partial charge in [0.25, 0.3) is 0 Å². The highest BCUT2D eigenvalue weighted by Crippen LogP contribution is 2.59. The van der Waals surface area contributed by atoms with Crippen LogP contribution in [0.1, 0.15) is 22.3 Å². The van der Waals surface area contributed by atoms with Gasteiger partial charge in [-0.3, -0.25) is 0 Å². The Morgan fingerprint density at radius 2 is 0.850 bits per heavy atom. The van der Waals surface area contributed by atoms with Crippen LogP contribution in [0.3, 0.4) is 0 Å². The molecule has 0 amide bonds. The van der Waals surface area contributed by atoms with Gasteiger partial charge in [0.1, 0.15) is 0 Å². The minimum Gasteiger partial charge on any atom is -0.228 e. The molecular formula is C57H36N2S. The van der Waals surface area contributed by atoms with Gasteiger partial charge in [0, 0.05) is 36.9 Å². The number of benzene rings is 9. The molecule has 1 aliphatic carbocycles. The van der Waals surface area contributed by atoms with Crippen LogP contribution in [0.25, 0.3) is 87.1 Å². The van der Waals surface area contributed by atoms with E-state index in [2.05, 4.69) is 212 Å². The van der Waals surface area contributed by atoms with Gasteiger partial charge in [-0.2, -0.15) is 0 Å². The van der Waals surface area contributed by atoms with E-state index < -0.39 is 5.41 Å². The van der Waals surface area contributed by atoms with Crippen LogP contribution in [0.15, 0.2) is 218 Å². The molecule has 2 nitrogen and oxygen atoms in total. The van der Waals surface area contributed by atoms with Crippen molar-refractivity contribution in [2.24, 2.45) is 0 Å². The zero-order valence-electron chi connectivity index (χ0n) is 32.6. The summed E-state index contributed by atoms with van der Waals surface area (Å²) >= 11 is 1.83. The van der Waals surface area contributed by atoms with Gasteiger partial charge in [0.05, 0.1) is 16.8 Å². The second kappa shape index (κ2) is 13.8. The molecule has 11 aromatic rings. The van der Waals surface area contributed by atoms with Crippen LogP contribution in [0.4, 0.5) is 0 Å². The van der Waals surface area contributed by atoms with Crippen molar-refractivity contribution < 1.29 is 0 Å². The lowest BCUT2D eigenvalue weighted by atomic mass is 9.66. The van der Waals surface area contributed by atoms with Crippen molar-refractivity contribution in [2.75, 3.05) is 0 Å². The van der Waals surface area contributed by atoms with Crippen LogP contribution in [0.5, 0.6) is 0 Å². The van der Waals surface area contributed by atoms with Crippen LogP contribution < -0.4 is 0 Å². The molecule has 0 unspecified atom stereocenters. The van der Waals surface area contributed by atoms with Crippen molar-refractivity contribution in [3.8, 4) is 56.2 Å².